The molecule has 2 aromatic carbocycles. The second kappa shape index (κ2) is 4.83. The topological polar surface area (TPSA) is 35.2 Å². The fourth-order valence-electron chi connectivity index (χ4n) is 2.43. The Morgan fingerprint density at radius 2 is 1.85 bits per heavy atom. The molecule has 1 aliphatic heterocycles. The van der Waals surface area contributed by atoms with Crippen LogP contribution >= 0.6 is 0 Å². The maximum absolute atomic E-state index is 13.9. The van der Waals surface area contributed by atoms with Gasteiger partial charge in [-0.3, -0.25) is 0 Å². The molecule has 2 N–H and O–H groups in total. The molecule has 0 saturated heterocycles. The third-order valence-electron chi connectivity index (χ3n) is 3.35. The Labute approximate surface area is 114 Å². The normalized spacial score (nSPS) is 16.9. The minimum atomic E-state index is -0.752. The van der Waals surface area contributed by atoms with Crippen molar-refractivity contribution in [2.24, 2.45) is 5.73 Å². The third kappa shape index (κ3) is 2.14. The molecule has 3 rings (SSSR count). The quantitative estimate of drug-likeness (QED) is 0.917. The summed E-state index contributed by atoms with van der Waals surface area (Å²) in [4.78, 5) is 0. The second-order valence-corrected chi connectivity index (χ2v) is 4.75. The molecule has 0 aliphatic carbocycles. The average Bonchev–Trinajstić information content (AvgIpc) is 2.81. The standard InChI is InChI=1S/C15H12F3NO/c16-9-1-2-12(14(18)6-9)13-5-10(17)3-8-4-11(7-19)20-15(8)13/h1-3,5-6,11H,4,7,19H2/t11-/m0/s1. The van der Waals surface area contributed by atoms with Gasteiger partial charge in [-0.25, -0.2) is 13.2 Å². The largest absolute Gasteiger partial charge is 0.488 e. The van der Waals surface area contributed by atoms with Gasteiger partial charge < -0.3 is 10.5 Å². The smallest absolute Gasteiger partial charge is 0.134 e. The van der Waals surface area contributed by atoms with Gasteiger partial charge in [0.25, 0.3) is 0 Å². The van der Waals surface area contributed by atoms with E-state index < -0.39 is 17.5 Å². The van der Waals surface area contributed by atoms with Crippen LogP contribution in [-0.2, 0) is 6.42 Å². The van der Waals surface area contributed by atoms with Crippen LogP contribution in [0.5, 0.6) is 5.75 Å². The summed E-state index contributed by atoms with van der Waals surface area (Å²) in [7, 11) is 0. The van der Waals surface area contributed by atoms with Crippen molar-refractivity contribution in [2.45, 2.75) is 12.5 Å². The predicted octanol–water partition coefficient (Wildman–Crippen LogP) is 3.03. The Balaban J connectivity index is 2.15. The van der Waals surface area contributed by atoms with Gasteiger partial charge in [-0.1, -0.05) is 0 Å². The molecule has 0 saturated carbocycles. The van der Waals surface area contributed by atoms with Gasteiger partial charge in [0.05, 0.1) is 0 Å². The molecule has 20 heavy (non-hydrogen) atoms. The first-order valence-electron chi connectivity index (χ1n) is 6.23. The van der Waals surface area contributed by atoms with Crippen LogP contribution in [0.25, 0.3) is 11.1 Å². The zero-order chi connectivity index (χ0) is 14.3. The molecule has 1 atom stereocenters. The van der Waals surface area contributed by atoms with Gasteiger partial charge in [-0.2, -0.15) is 0 Å². The Morgan fingerprint density at radius 3 is 2.55 bits per heavy atom. The van der Waals surface area contributed by atoms with E-state index >= 15 is 0 Å². The average molecular weight is 279 g/mol. The van der Waals surface area contributed by atoms with Gasteiger partial charge in [-0.05, 0) is 24.3 Å². The lowest BCUT2D eigenvalue weighted by Crippen LogP contribution is -2.24. The number of nitrogens with two attached hydrogens (primary N) is 1. The van der Waals surface area contributed by atoms with Crippen LogP contribution in [0, 0.1) is 17.5 Å². The van der Waals surface area contributed by atoms with E-state index in [2.05, 4.69) is 0 Å². The first-order valence-corrected chi connectivity index (χ1v) is 6.23. The third-order valence-corrected chi connectivity index (χ3v) is 3.35. The van der Waals surface area contributed by atoms with E-state index in [1.807, 2.05) is 0 Å². The van der Waals surface area contributed by atoms with Crippen LogP contribution in [0.1, 0.15) is 5.56 Å². The molecule has 0 bridgehead atoms. The van der Waals surface area contributed by atoms with Crippen LogP contribution in [0.3, 0.4) is 0 Å². The molecule has 0 amide bonds. The van der Waals surface area contributed by atoms with Crippen molar-refractivity contribution in [1.82, 2.24) is 0 Å². The Bertz CT molecular complexity index is 672. The highest BCUT2D eigenvalue weighted by molar-refractivity contribution is 5.73. The van der Waals surface area contributed by atoms with Crippen LogP contribution in [0.4, 0.5) is 13.2 Å². The zero-order valence-electron chi connectivity index (χ0n) is 10.5. The van der Waals surface area contributed by atoms with Crippen molar-refractivity contribution in [3.8, 4) is 16.9 Å². The molecule has 0 radical (unpaired) electrons. The maximum atomic E-state index is 13.9. The van der Waals surface area contributed by atoms with Gasteiger partial charge >= 0.3 is 0 Å². The number of ether oxygens (including phenoxy) is 1. The lowest BCUT2D eigenvalue weighted by molar-refractivity contribution is 0.242. The van der Waals surface area contributed by atoms with Crippen molar-refractivity contribution in [2.75, 3.05) is 6.54 Å². The Hall–Kier alpha value is -2.01. The van der Waals surface area contributed by atoms with E-state index in [0.29, 0.717) is 24.3 Å². The monoisotopic (exact) mass is 279 g/mol. The van der Waals surface area contributed by atoms with Gasteiger partial charge in [-0.15, -0.1) is 0 Å². The summed E-state index contributed by atoms with van der Waals surface area (Å²) >= 11 is 0. The van der Waals surface area contributed by atoms with Crippen LogP contribution in [0.15, 0.2) is 30.3 Å². The molecule has 0 spiro atoms. The van der Waals surface area contributed by atoms with Gasteiger partial charge in [0.1, 0.15) is 29.3 Å². The van der Waals surface area contributed by atoms with E-state index in [1.165, 1.54) is 18.2 Å². The summed E-state index contributed by atoms with van der Waals surface area (Å²) in [5.41, 5.74) is 6.60. The number of rotatable bonds is 2. The van der Waals surface area contributed by atoms with Crippen molar-refractivity contribution >= 4 is 0 Å². The van der Waals surface area contributed by atoms with Crippen molar-refractivity contribution in [1.29, 1.82) is 0 Å². The van der Waals surface area contributed by atoms with Crippen molar-refractivity contribution in [3.05, 3.63) is 53.3 Å². The minimum Gasteiger partial charge on any atom is -0.488 e. The highest BCUT2D eigenvalue weighted by atomic mass is 19.1. The Kier molecular flexibility index (Phi) is 3.14. The second-order valence-electron chi connectivity index (χ2n) is 4.75. The lowest BCUT2D eigenvalue weighted by atomic mass is 9.99. The number of benzene rings is 2. The highest BCUT2D eigenvalue weighted by Crippen LogP contribution is 2.40. The summed E-state index contributed by atoms with van der Waals surface area (Å²) in [5.74, 6) is -1.49. The summed E-state index contributed by atoms with van der Waals surface area (Å²) < 4.78 is 46.1. The number of hydrogen-bond acceptors (Lipinski definition) is 2. The van der Waals surface area contributed by atoms with E-state index in [1.54, 1.807) is 0 Å². The van der Waals surface area contributed by atoms with Gasteiger partial charge in [0, 0.05) is 35.7 Å². The number of halogens is 3. The summed E-state index contributed by atoms with van der Waals surface area (Å²) in [6, 6.07) is 5.72. The number of fused-ring (bicyclic) bond motifs is 1. The first-order chi connectivity index (χ1) is 9.58. The fraction of sp³-hybridized carbons (Fsp3) is 0.200. The Morgan fingerprint density at radius 1 is 1.05 bits per heavy atom. The van der Waals surface area contributed by atoms with E-state index in [9.17, 15) is 13.2 Å². The highest BCUT2D eigenvalue weighted by Gasteiger charge is 2.27. The summed E-state index contributed by atoms with van der Waals surface area (Å²) in [5, 5.41) is 0. The van der Waals surface area contributed by atoms with Crippen molar-refractivity contribution < 1.29 is 17.9 Å². The molecule has 104 valence electrons. The summed E-state index contributed by atoms with van der Waals surface area (Å²) in [6.07, 6.45) is 0.244. The van der Waals surface area contributed by atoms with Crippen LogP contribution < -0.4 is 10.5 Å². The zero-order valence-corrected chi connectivity index (χ0v) is 10.5. The molecule has 0 aromatic heterocycles. The van der Waals surface area contributed by atoms with Gasteiger partial charge in [0.2, 0.25) is 0 Å². The molecule has 1 aliphatic rings. The molecule has 0 unspecified atom stereocenters. The van der Waals surface area contributed by atoms with Crippen LogP contribution in [0.2, 0.25) is 0 Å². The molecule has 2 aromatic rings. The fourth-order valence-corrected chi connectivity index (χ4v) is 2.43. The van der Waals surface area contributed by atoms with Gasteiger partial charge in [0.15, 0.2) is 0 Å². The van der Waals surface area contributed by atoms with Crippen LogP contribution in [-0.4, -0.2) is 12.6 Å². The molecule has 0 fully saturated rings. The van der Waals surface area contributed by atoms with Crippen molar-refractivity contribution in [3.63, 3.8) is 0 Å². The minimum absolute atomic E-state index is 0.111. The molecular weight excluding hydrogens is 267 g/mol. The molecule has 2 nitrogen and oxygen atoms in total. The van der Waals surface area contributed by atoms with E-state index in [-0.39, 0.29) is 17.2 Å². The molecule has 5 heteroatoms. The first kappa shape index (κ1) is 13.0. The number of hydrogen-bond donors (Lipinski definition) is 1. The molecule has 1 heterocycles. The van der Waals surface area contributed by atoms with E-state index in [0.717, 1.165) is 12.1 Å². The predicted molar refractivity (Wildman–Crippen MR) is 68.9 cm³/mol. The molecular formula is C15H12F3NO. The summed E-state index contributed by atoms with van der Waals surface area (Å²) in [6.45, 7) is 0.293. The SMILES string of the molecule is NC[C@@H]1Cc2cc(F)cc(-c3ccc(F)cc3F)c2O1. The lowest BCUT2D eigenvalue weighted by Gasteiger charge is -2.12. The maximum Gasteiger partial charge on any atom is 0.134 e. The van der Waals surface area contributed by atoms with E-state index in [4.69, 9.17) is 10.5 Å².